The number of anilines is 2. The van der Waals surface area contributed by atoms with Crippen LogP contribution in [0.25, 0.3) is 0 Å². The summed E-state index contributed by atoms with van der Waals surface area (Å²) in [5, 5.41) is 6.64. The minimum absolute atomic E-state index is 0.266. The SMILES string of the molecule is Cc1oncc1C(=O)Nc1c(Cl)cc(N)cc1Cl. The van der Waals surface area contributed by atoms with Crippen LogP contribution in [-0.4, -0.2) is 11.1 Å². The van der Waals surface area contributed by atoms with Crippen molar-refractivity contribution in [2.75, 3.05) is 11.1 Å². The fraction of sp³-hybridized carbons (Fsp3) is 0.0909. The van der Waals surface area contributed by atoms with Gasteiger partial charge in [-0.2, -0.15) is 0 Å². The molecular formula is C11H9Cl2N3O2. The van der Waals surface area contributed by atoms with E-state index in [9.17, 15) is 4.79 Å². The molecule has 0 unspecified atom stereocenters. The summed E-state index contributed by atoms with van der Waals surface area (Å²) < 4.78 is 4.81. The highest BCUT2D eigenvalue weighted by Gasteiger charge is 2.16. The van der Waals surface area contributed by atoms with Gasteiger partial charge < -0.3 is 15.6 Å². The fourth-order valence-corrected chi connectivity index (χ4v) is 2.01. The van der Waals surface area contributed by atoms with Crippen LogP contribution in [0.4, 0.5) is 11.4 Å². The standard InChI is InChI=1S/C11H9Cl2N3O2/c1-5-7(4-15-18-5)11(17)16-10-8(12)2-6(14)3-9(10)13/h2-4H,14H2,1H3,(H,16,17). The van der Waals surface area contributed by atoms with Crippen molar-refractivity contribution in [2.24, 2.45) is 0 Å². The van der Waals surface area contributed by atoms with Crippen LogP contribution in [0.1, 0.15) is 16.1 Å². The van der Waals surface area contributed by atoms with Crippen LogP contribution < -0.4 is 11.1 Å². The second kappa shape index (κ2) is 4.88. The van der Waals surface area contributed by atoms with E-state index in [4.69, 9.17) is 33.5 Å². The number of benzene rings is 1. The zero-order chi connectivity index (χ0) is 13.3. The van der Waals surface area contributed by atoms with E-state index < -0.39 is 5.91 Å². The topological polar surface area (TPSA) is 81.2 Å². The minimum Gasteiger partial charge on any atom is -0.399 e. The number of halogens is 2. The van der Waals surface area contributed by atoms with Crippen molar-refractivity contribution in [3.05, 3.63) is 39.7 Å². The number of amides is 1. The average molecular weight is 286 g/mol. The molecule has 0 spiro atoms. The molecule has 0 bridgehead atoms. The molecule has 1 heterocycles. The summed E-state index contributed by atoms with van der Waals surface area (Å²) in [5.74, 6) is 0.0116. The number of nitrogens with zero attached hydrogens (tertiary/aromatic N) is 1. The molecule has 0 saturated heterocycles. The maximum absolute atomic E-state index is 11.9. The molecule has 94 valence electrons. The second-order valence-corrected chi connectivity index (χ2v) is 4.42. The first-order valence-corrected chi connectivity index (χ1v) is 5.71. The number of rotatable bonds is 2. The summed E-state index contributed by atoms with van der Waals surface area (Å²) in [6.45, 7) is 1.63. The van der Waals surface area contributed by atoms with Gasteiger partial charge in [-0.3, -0.25) is 4.79 Å². The van der Waals surface area contributed by atoms with E-state index in [1.807, 2.05) is 0 Å². The van der Waals surface area contributed by atoms with Gasteiger partial charge in [0.25, 0.3) is 5.91 Å². The number of aromatic nitrogens is 1. The normalized spacial score (nSPS) is 10.4. The van der Waals surface area contributed by atoms with Crippen molar-refractivity contribution < 1.29 is 9.32 Å². The largest absolute Gasteiger partial charge is 0.399 e. The van der Waals surface area contributed by atoms with Crippen molar-refractivity contribution in [3.8, 4) is 0 Å². The predicted octanol–water partition coefficient (Wildman–Crippen LogP) is 3.12. The quantitative estimate of drug-likeness (QED) is 0.831. The molecule has 0 radical (unpaired) electrons. The highest BCUT2D eigenvalue weighted by atomic mass is 35.5. The van der Waals surface area contributed by atoms with E-state index >= 15 is 0 Å². The van der Waals surface area contributed by atoms with Gasteiger partial charge in [-0.1, -0.05) is 28.4 Å². The summed E-state index contributed by atoms with van der Waals surface area (Å²) in [4.78, 5) is 11.9. The third kappa shape index (κ3) is 2.42. The summed E-state index contributed by atoms with van der Waals surface area (Å²) in [6.07, 6.45) is 1.32. The van der Waals surface area contributed by atoms with Gasteiger partial charge in [0.15, 0.2) is 0 Å². The van der Waals surface area contributed by atoms with E-state index in [0.717, 1.165) is 0 Å². The molecule has 2 rings (SSSR count). The predicted molar refractivity (Wildman–Crippen MR) is 70.1 cm³/mol. The lowest BCUT2D eigenvalue weighted by Gasteiger charge is -2.09. The number of nitrogens with two attached hydrogens (primary N) is 1. The second-order valence-electron chi connectivity index (χ2n) is 3.61. The molecule has 1 amide bonds. The molecule has 0 atom stereocenters. The van der Waals surface area contributed by atoms with E-state index in [1.165, 1.54) is 18.3 Å². The first-order chi connectivity index (χ1) is 8.49. The van der Waals surface area contributed by atoms with Gasteiger partial charge in [0.2, 0.25) is 0 Å². The van der Waals surface area contributed by atoms with Gasteiger partial charge in [-0.15, -0.1) is 0 Å². The lowest BCUT2D eigenvalue weighted by atomic mass is 10.2. The summed E-state index contributed by atoms with van der Waals surface area (Å²) in [6, 6.07) is 3.01. The molecule has 3 N–H and O–H groups in total. The van der Waals surface area contributed by atoms with Crippen molar-refractivity contribution in [1.82, 2.24) is 5.16 Å². The number of hydrogen-bond acceptors (Lipinski definition) is 4. The minimum atomic E-state index is -0.401. The molecule has 1 aromatic heterocycles. The Kier molecular flexibility index (Phi) is 3.45. The van der Waals surface area contributed by atoms with Gasteiger partial charge in [0.1, 0.15) is 11.3 Å². The van der Waals surface area contributed by atoms with Gasteiger partial charge in [-0.05, 0) is 19.1 Å². The van der Waals surface area contributed by atoms with E-state index in [1.54, 1.807) is 6.92 Å². The number of carbonyl (C=O) groups is 1. The fourth-order valence-electron chi connectivity index (χ4n) is 1.41. The number of aryl methyl sites for hydroxylation is 1. The Morgan fingerprint density at radius 3 is 2.50 bits per heavy atom. The first kappa shape index (κ1) is 12.7. The zero-order valence-corrected chi connectivity index (χ0v) is 10.8. The Balaban J connectivity index is 2.31. The Morgan fingerprint density at radius 1 is 1.39 bits per heavy atom. The molecule has 0 aliphatic rings. The Morgan fingerprint density at radius 2 is 2.00 bits per heavy atom. The smallest absolute Gasteiger partial charge is 0.260 e. The van der Waals surface area contributed by atoms with Crippen LogP contribution in [0, 0.1) is 6.92 Å². The Labute approximate surface area is 113 Å². The van der Waals surface area contributed by atoms with Crippen LogP contribution in [0.15, 0.2) is 22.9 Å². The Hall–Kier alpha value is -1.72. The molecule has 0 aliphatic heterocycles. The van der Waals surface area contributed by atoms with Crippen LogP contribution in [0.2, 0.25) is 10.0 Å². The molecule has 0 saturated carbocycles. The van der Waals surface area contributed by atoms with E-state index in [2.05, 4.69) is 10.5 Å². The molecule has 1 aromatic carbocycles. The molecule has 0 fully saturated rings. The van der Waals surface area contributed by atoms with Crippen molar-refractivity contribution >= 4 is 40.5 Å². The zero-order valence-electron chi connectivity index (χ0n) is 9.33. The molecule has 18 heavy (non-hydrogen) atoms. The molecule has 7 heteroatoms. The maximum atomic E-state index is 11.9. The van der Waals surface area contributed by atoms with Crippen molar-refractivity contribution in [3.63, 3.8) is 0 Å². The van der Waals surface area contributed by atoms with E-state index in [-0.39, 0.29) is 10.0 Å². The third-order valence-electron chi connectivity index (χ3n) is 2.30. The monoisotopic (exact) mass is 285 g/mol. The van der Waals surface area contributed by atoms with Crippen molar-refractivity contribution in [1.29, 1.82) is 0 Å². The third-order valence-corrected chi connectivity index (χ3v) is 2.89. The molecular weight excluding hydrogens is 277 g/mol. The Bertz CT molecular complexity index is 587. The van der Waals surface area contributed by atoms with Gasteiger partial charge in [0.05, 0.1) is 21.9 Å². The summed E-state index contributed by atoms with van der Waals surface area (Å²) in [7, 11) is 0. The lowest BCUT2D eigenvalue weighted by Crippen LogP contribution is -2.13. The molecule has 5 nitrogen and oxygen atoms in total. The first-order valence-electron chi connectivity index (χ1n) is 4.96. The highest BCUT2D eigenvalue weighted by Crippen LogP contribution is 2.33. The number of nitrogens with one attached hydrogen (secondary N) is 1. The van der Waals surface area contributed by atoms with Crippen LogP contribution >= 0.6 is 23.2 Å². The number of hydrogen-bond donors (Lipinski definition) is 2. The van der Waals surface area contributed by atoms with Crippen LogP contribution in [-0.2, 0) is 0 Å². The van der Waals surface area contributed by atoms with Gasteiger partial charge in [-0.25, -0.2) is 0 Å². The molecule has 0 aliphatic carbocycles. The lowest BCUT2D eigenvalue weighted by molar-refractivity contribution is 0.102. The number of carbonyl (C=O) groups excluding carboxylic acids is 1. The van der Waals surface area contributed by atoms with E-state index in [0.29, 0.717) is 22.7 Å². The maximum Gasteiger partial charge on any atom is 0.260 e. The van der Waals surface area contributed by atoms with Crippen LogP contribution in [0.5, 0.6) is 0 Å². The average Bonchev–Trinajstić information content (AvgIpc) is 2.69. The van der Waals surface area contributed by atoms with Gasteiger partial charge in [0, 0.05) is 5.69 Å². The van der Waals surface area contributed by atoms with Crippen LogP contribution in [0.3, 0.4) is 0 Å². The summed E-state index contributed by atoms with van der Waals surface area (Å²) in [5.41, 5.74) is 6.61. The molecule has 2 aromatic rings. The number of nitrogen functional groups attached to an aromatic ring is 1. The summed E-state index contributed by atoms with van der Waals surface area (Å²) >= 11 is 11.9. The van der Waals surface area contributed by atoms with Gasteiger partial charge >= 0.3 is 0 Å². The van der Waals surface area contributed by atoms with Crippen molar-refractivity contribution in [2.45, 2.75) is 6.92 Å². The highest BCUT2D eigenvalue weighted by molar-refractivity contribution is 6.40.